The van der Waals surface area contributed by atoms with Gasteiger partial charge in [0.15, 0.2) is 0 Å². The first-order valence-electron chi connectivity index (χ1n) is 9.46. The van der Waals surface area contributed by atoms with Crippen LogP contribution < -0.4 is 4.74 Å². The van der Waals surface area contributed by atoms with E-state index in [-0.39, 0.29) is 6.10 Å². The number of likely N-dealkylation sites (tertiary alicyclic amines) is 1. The van der Waals surface area contributed by atoms with E-state index in [1.165, 1.54) is 6.33 Å². The van der Waals surface area contributed by atoms with Crippen molar-refractivity contribution < 1.29 is 9.53 Å². The van der Waals surface area contributed by atoms with Gasteiger partial charge in [0.05, 0.1) is 24.3 Å². The highest BCUT2D eigenvalue weighted by Gasteiger charge is 2.35. The predicted octanol–water partition coefficient (Wildman–Crippen LogP) is 2.60. The van der Waals surface area contributed by atoms with Crippen LogP contribution in [0.5, 0.6) is 5.75 Å². The lowest BCUT2D eigenvalue weighted by Crippen LogP contribution is -2.42. The lowest BCUT2D eigenvalue weighted by atomic mass is 10.1. The summed E-state index contributed by atoms with van der Waals surface area (Å²) in [5, 5.41) is 1.01. The second kappa shape index (κ2) is 6.64. The first-order valence-corrected chi connectivity index (χ1v) is 9.46. The molecule has 7 nitrogen and oxygen atoms in total. The molecule has 2 aliphatic rings. The summed E-state index contributed by atoms with van der Waals surface area (Å²) in [5.41, 5.74) is 1.73. The van der Waals surface area contributed by atoms with Gasteiger partial charge in [-0.05, 0) is 25.0 Å². The molecule has 4 heterocycles. The van der Waals surface area contributed by atoms with Gasteiger partial charge in [-0.1, -0.05) is 0 Å². The molecule has 0 N–H and O–H groups in total. The van der Waals surface area contributed by atoms with E-state index in [1.54, 1.807) is 18.6 Å². The zero-order valence-electron chi connectivity index (χ0n) is 15.0. The van der Waals surface area contributed by atoms with Crippen molar-refractivity contribution in [2.45, 2.75) is 31.8 Å². The van der Waals surface area contributed by atoms with Crippen LogP contribution in [-0.2, 0) is 4.79 Å². The number of piperidine rings is 1. The van der Waals surface area contributed by atoms with Crippen LogP contribution in [0.3, 0.4) is 0 Å². The van der Waals surface area contributed by atoms with Crippen molar-refractivity contribution in [3.05, 3.63) is 43.2 Å². The summed E-state index contributed by atoms with van der Waals surface area (Å²) < 4.78 is 8.11. The second-order valence-electron chi connectivity index (χ2n) is 7.28. The molecular formula is C20H21N5O2. The first-order chi connectivity index (χ1) is 13.3. The third-order valence-electron chi connectivity index (χ3n) is 5.31. The predicted molar refractivity (Wildman–Crippen MR) is 99.6 cm³/mol. The minimum atomic E-state index is 0.136. The molecule has 0 aromatic carbocycles. The van der Waals surface area contributed by atoms with Crippen LogP contribution >= 0.6 is 0 Å². The van der Waals surface area contributed by atoms with E-state index in [0.29, 0.717) is 11.8 Å². The molecule has 1 aliphatic heterocycles. The number of amides is 1. The Kier molecular flexibility index (Phi) is 3.99. The maximum absolute atomic E-state index is 12.2. The third-order valence-corrected chi connectivity index (χ3v) is 5.31. The van der Waals surface area contributed by atoms with E-state index in [9.17, 15) is 4.79 Å². The summed E-state index contributed by atoms with van der Waals surface area (Å²) in [6.07, 6.45) is 12.8. The highest BCUT2D eigenvalue weighted by atomic mass is 16.5. The minimum absolute atomic E-state index is 0.136. The van der Waals surface area contributed by atoms with Gasteiger partial charge in [0.25, 0.3) is 0 Å². The molecule has 2 fully saturated rings. The molecular weight excluding hydrogens is 342 g/mol. The van der Waals surface area contributed by atoms with Crippen LogP contribution in [0.15, 0.2) is 43.2 Å². The molecule has 138 valence electrons. The van der Waals surface area contributed by atoms with Gasteiger partial charge in [-0.3, -0.25) is 9.36 Å². The summed E-state index contributed by atoms with van der Waals surface area (Å²) in [4.78, 5) is 26.9. The summed E-state index contributed by atoms with van der Waals surface area (Å²) in [6.45, 7) is 1.58. The average molecular weight is 363 g/mol. The van der Waals surface area contributed by atoms with E-state index in [2.05, 4.69) is 15.0 Å². The van der Waals surface area contributed by atoms with Gasteiger partial charge in [0.1, 0.15) is 23.8 Å². The van der Waals surface area contributed by atoms with Gasteiger partial charge in [-0.2, -0.15) is 0 Å². The normalized spacial score (nSPS) is 18.0. The number of carbonyl (C=O) groups is 1. The van der Waals surface area contributed by atoms with Gasteiger partial charge in [0, 0.05) is 43.4 Å². The van der Waals surface area contributed by atoms with Gasteiger partial charge >= 0.3 is 0 Å². The third kappa shape index (κ3) is 3.25. The fourth-order valence-electron chi connectivity index (χ4n) is 3.67. The highest BCUT2D eigenvalue weighted by molar-refractivity contribution is 5.81. The Morgan fingerprint density at radius 2 is 1.85 bits per heavy atom. The fourth-order valence-corrected chi connectivity index (χ4v) is 3.67. The summed E-state index contributed by atoms with van der Waals surface area (Å²) in [6, 6.07) is 4.03. The number of aromatic nitrogens is 4. The molecule has 0 atom stereocenters. The van der Waals surface area contributed by atoms with Crippen molar-refractivity contribution in [1.29, 1.82) is 0 Å². The summed E-state index contributed by atoms with van der Waals surface area (Å²) in [5.74, 6) is 1.41. The zero-order chi connectivity index (χ0) is 18.2. The zero-order valence-corrected chi connectivity index (χ0v) is 15.0. The number of ether oxygens (including phenoxy) is 1. The van der Waals surface area contributed by atoms with Crippen LogP contribution in [0.4, 0.5) is 0 Å². The Morgan fingerprint density at radius 3 is 2.59 bits per heavy atom. The van der Waals surface area contributed by atoms with Gasteiger partial charge < -0.3 is 9.64 Å². The molecule has 0 unspecified atom stereocenters. The molecule has 3 aromatic heterocycles. The van der Waals surface area contributed by atoms with Crippen molar-refractivity contribution in [3.8, 4) is 11.4 Å². The highest BCUT2D eigenvalue weighted by Crippen LogP contribution is 2.32. The Balaban J connectivity index is 1.27. The largest absolute Gasteiger partial charge is 0.489 e. The Morgan fingerprint density at radius 1 is 1.07 bits per heavy atom. The minimum Gasteiger partial charge on any atom is -0.489 e. The van der Waals surface area contributed by atoms with Gasteiger partial charge in [-0.15, -0.1) is 0 Å². The standard InChI is InChI=1S/C20H21N5O2/c26-20(14-1-2-14)24-6-4-17(5-7-24)27-18-9-15-3-8-25(19(15)23-12-18)16-10-21-13-22-11-16/h3,8-14,17H,1-2,4-7H2. The first kappa shape index (κ1) is 16.2. The molecule has 0 radical (unpaired) electrons. The van der Waals surface area contributed by atoms with E-state index >= 15 is 0 Å². The molecule has 1 saturated heterocycles. The van der Waals surface area contributed by atoms with E-state index in [1.807, 2.05) is 27.8 Å². The molecule has 1 aliphatic carbocycles. The van der Waals surface area contributed by atoms with Crippen LogP contribution in [-0.4, -0.2) is 49.5 Å². The number of nitrogens with zero attached hydrogens (tertiary/aromatic N) is 5. The second-order valence-corrected chi connectivity index (χ2v) is 7.28. The van der Waals surface area contributed by atoms with E-state index < -0.39 is 0 Å². The number of hydrogen-bond acceptors (Lipinski definition) is 5. The maximum atomic E-state index is 12.2. The Bertz CT molecular complexity index is 959. The van der Waals surface area contributed by atoms with Crippen LogP contribution in [0, 0.1) is 5.92 Å². The van der Waals surface area contributed by atoms with Crippen molar-refractivity contribution in [3.63, 3.8) is 0 Å². The van der Waals surface area contributed by atoms with Crippen LogP contribution in [0.1, 0.15) is 25.7 Å². The Hall–Kier alpha value is -2.96. The number of carbonyl (C=O) groups excluding carboxylic acids is 1. The molecule has 1 amide bonds. The molecule has 27 heavy (non-hydrogen) atoms. The quantitative estimate of drug-likeness (QED) is 0.712. The van der Waals surface area contributed by atoms with Crippen molar-refractivity contribution in [2.75, 3.05) is 13.1 Å². The van der Waals surface area contributed by atoms with Crippen LogP contribution in [0.2, 0.25) is 0 Å². The summed E-state index contributed by atoms with van der Waals surface area (Å²) >= 11 is 0. The van der Waals surface area contributed by atoms with Gasteiger partial charge in [0.2, 0.25) is 5.91 Å². The van der Waals surface area contributed by atoms with E-state index in [4.69, 9.17) is 4.74 Å². The molecule has 0 bridgehead atoms. The number of hydrogen-bond donors (Lipinski definition) is 0. The van der Waals surface area contributed by atoms with Crippen LogP contribution in [0.25, 0.3) is 16.7 Å². The number of fused-ring (bicyclic) bond motifs is 1. The SMILES string of the molecule is O=C(C1CC1)N1CCC(Oc2cnc3c(ccn3-c3cncnc3)c2)CC1. The van der Waals surface area contributed by atoms with E-state index in [0.717, 1.165) is 61.2 Å². The lowest BCUT2D eigenvalue weighted by molar-refractivity contribution is -0.134. The molecule has 3 aromatic rings. The molecule has 1 saturated carbocycles. The van der Waals surface area contributed by atoms with Gasteiger partial charge in [-0.25, -0.2) is 15.0 Å². The smallest absolute Gasteiger partial charge is 0.225 e. The van der Waals surface area contributed by atoms with Crippen molar-refractivity contribution in [1.82, 2.24) is 24.4 Å². The monoisotopic (exact) mass is 363 g/mol. The average Bonchev–Trinajstić information content (AvgIpc) is 3.48. The molecule has 5 rings (SSSR count). The lowest BCUT2D eigenvalue weighted by Gasteiger charge is -2.32. The maximum Gasteiger partial charge on any atom is 0.225 e. The fraction of sp³-hybridized carbons (Fsp3) is 0.400. The number of rotatable bonds is 4. The topological polar surface area (TPSA) is 73.1 Å². The number of pyridine rings is 1. The van der Waals surface area contributed by atoms with Crippen molar-refractivity contribution in [2.24, 2.45) is 5.92 Å². The Labute approximate surface area is 157 Å². The molecule has 7 heteroatoms. The van der Waals surface area contributed by atoms with Crippen molar-refractivity contribution >= 4 is 16.9 Å². The summed E-state index contributed by atoms with van der Waals surface area (Å²) in [7, 11) is 0. The molecule has 0 spiro atoms.